The molecule has 0 aromatic carbocycles. The summed E-state index contributed by atoms with van der Waals surface area (Å²) in [6, 6.07) is 2.57. The largest absolute Gasteiger partial charge is 0.367 e. The molecule has 106 valence electrons. The summed E-state index contributed by atoms with van der Waals surface area (Å²) >= 11 is 0. The smallest absolute Gasteiger partial charge is 0.227 e. The van der Waals surface area contributed by atoms with Gasteiger partial charge in [-0.05, 0) is 32.8 Å². The van der Waals surface area contributed by atoms with Gasteiger partial charge in [-0.25, -0.2) is 4.98 Å². The van der Waals surface area contributed by atoms with Gasteiger partial charge in [0.2, 0.25) is 5.95 Å². The molecule has 1 aromatic heterocycles. The van der Waals surface area contributed by atoms with Crippen LogP contribution in [0.3, 0.4) is 0 Å². The second kappa shape index (κ2) is 7.31. The predicted molar refractivity (Wildman–Crippen MR) is 80.7 cm³/mol. The van der Waals surface area contributed by atoms with Crippen LogP contribution in [0.2, 0.25) is 0 Å². The van der Waals surface area contributed by atoms with Gasteiger partial charge >= 0.3 is 0 Å². The van der Waals surface area contributed by atoms with Gasteiger partial charge in [-0.2, -0.15) is 4.98 Å². The van der Waals surface area contributed by atoms with E-state index in [0.717, 1.165) is 24.9 Å². The van der Waals surface area contributed by atoms with Crippen molar-refractivity contribution in [2.24, 2.45) is 0 Å². The van der Waals surface area contributed by atoms with E-state index in [1.807, 2.05) is 12.3 Å². The number of hydrogen-bond donors (Lipinski definition) is 1. The highest BCUT2D eigenvalue weighted by Crippen LogP contribution is 2.21. The lowest BCUT2D eigenvalue weighted by atomic mass is 10.1. The Morgan fingerprint density at radius 1 is 1.16 bits per heavy atom. The van der Waals surface area contributed by atoms with Gasteiger partial charge in [-0.1, -0.05) is 25.7 Å². The quantitative estimate of drug-likeness (QED) is 0.825. The van der Waals surface area contributed by atoms with Gasteiger partial charge in [0.05, 0.1) is 0 Å². The lowest BCUT2D eigenvalue weighted by molar-refractivity contribution is 0.617. The number of aromatic nitrogens is 2. The fourth-order valence-corrected chi connectivity index (χ4v) is 2.72. The molecule has 2 rings (SSSR count). The molecule has 1 fully saturated rings. The molecule has 1 heterocycles. The average Bonchev–Trinajstić information content (AvgIpc) is 2.69. The number of anilines is 2. The summed E-state index contributed by atoms with van der Waals surface area (Å²) < 4.78 is 0. The second-order valence-electron chi connectivity index (χ2n) is 5.25. The highest BCUT2D eigenvalue weighted by molar-refractivity contribution is 5.41. The minimum absolute atomic E-state index is 0.585. The third-order valence-corrected chi connectivity index (χ3v) is 3.90. The Morgan fingerprint density at radius 2 is 1.84 bits per heavy atom. The van der Waals surface area contributed by atoms with Crippen LogP contribution in [0.15, 0.2) is 12.3 Å². The van der Waals surface area contributed by atoms with Gasteiger partial charge in [0.1, 0.15) is 5.82 Å². The summed E-state index contributed by atoms with van der Waals surface area (Å²) in [5.74, 6) is 1.81. The molecule has 1 aliphatic rings. The molecule has 0 unspecified atom stereocenters. The van der Waals surface area contributed by atoms with E-state index in [1.165, 1.54) is 38.5 Å². The van der Waals surface area contributed by atoms with E-state index in [9.17, 15) is 0 Å². The van der Waals surface area contributed by atoms with E-state index in [4.69, 9.17) is 0 Å². The maximum Gasteiger partial charge on any atom is 0.227 e. The molecule has 0 aliphatic heterocycles. The Kier molecular flexibility index (Phi) is 5.43. The maximum absolute atomic E-state index is 4.64. The zero-order valence-corrected chi connectivity index (χ0v) is 12.2. The fourth-order valence-electron chi connectivity index (χ4n) is 2.72. The first-order valence-corrected chi connectivity index (χ1v) is 7.68. The van der Waals surface area contributed by atoms with E-state index in [2.05, 4.69) is 34.0 Å². The molecule has 1 N–H and O–H groups in total. The maximum atomic E-state index is 4.64. The van der Waals surface area contributed by atoms with E-state index >= 15 is 0 Å². The van der Waals surface area contributed by atoms with Crippen LogP contribution in [0.25, 0.3) is 0 Å². The third kappa shape index (κ3) is 4.08. The number of nitrogens with zero attached hydrogens (tertiary/aromatic N) is 3. The van der Waals surface area contributed by atoms with Crippen molar-refractivity contribution in [3.05, 3.63) is 12.3 Å². The van der Waals surface area contributed by atoms with Crippen molar-refractivity contribution >= 4 is 11.8 Å². The van der Waals surface area contributed by atoms with Crippen LogP contribution >= 0.6 is 0 Å². The van der Waals surface area contributed by atoms with Gasteiger partial charge in [-0.3, -0.25) is 0 Å². The average molecular weight is 262 g/mol. The summed E-state index contributed by atoms with van der Waals surface area (Å²) in [4.78, 5) is 11.2. The van der Waals surface area contributed by atoms with Crippen molar-refractivity contribution in [1.29, 1.82) is 0 Å². The molecule has 1 aliphatic carbocycles. The Morgan fingerprint density at radius 3 is 2.47 bits per heavy atom. The normalized spacial score (nSPS) is 16.9. The molecule has 1 saturated carbocycles. The molecule has 0 amide bonds. The molecule has 19 heavy (non-hydrogen) atoms. The Bertz CT molecular complexity index is 368. The minimum atomic E-state index is 0.585. The van der Waals surface area contributed by atoms with Crippen molar-refractivity contribution in [3.63, 3.8) is 0 Å². The Balaban J connectivity index is 2.01. The Hall–Kier alpha value is -1.32. The van der Waals surface area contributed by atoms with Crippen molar-refractivity contribution in [3.8, 4) is 0 Å². The molecular weight excluding hydrogens is 236 g/mol. The highest BCUT2D eigenvalue weighted by atomic mass is 15.3. The predicted octanol–water partition coefficient (Wildman–Crippen LogP) is 3.46. The van der Waals surface area contributed by atoms with Crippen LogP contribution in [-0.2, 0) is 0 Å². The molecule has 4 nitrogen and oxygen atoms in total. The first kappa shape index (κ1) is 14.1. The third-order valence-electron chi connectivity index (χ3n) is 3.90. The van der Waals surface area contributed by atoms with Crippen LogP contribution in [0.1, 0.15) is 52.4 Å². The summed E-state index contributed by atoms with van der Waals surface area (Å²) in [7, 11) is 0. The number of rotatable bonds is 5. The van der Waals surface area contributed by atoms with Gasteiger partial charge in [0.25, 0.3) is 0 Å². The van der Waals surface area contributed by atoms with E-state index in [-0.39, 0.29) is 0 Å². The first-order chi connectivity index (χ1) is 9.33. The minimum Gasteiger partial charge on any atom is -0.367 e. The van der Waals surface area contributed by atoms with Gasteiger partial charge < -0.3 is 10.2 Å². The van der Waals surface area contributed by atoms with Crippen molar-refractivity contribution < 1.29 is 0 Å². The van der Waals surface area contributed by atoms with Crippen LogP contribution in [0, 0.1) is 0 Å². The van der Waals surface area contributed by atoms with E-state index in [0.29, 0.717) is 6.04 Å². The monoisotopic (exact) mass is 262 g/mol. The van der Waals surface area contributed by atoms with Crippen molar-refractivity contribution in [1.82, 2.24) is 9.97 Å². The topological polar surface area (TPSA) is 41.1 Å². The van der Waals surface area contributed by atoms with Crippen LogP contribution < -0.4 is 10.2 Å². The molecule has 4 heteroatoms. The zero-order valence-electron chi connectivity index (χ0n) is 12.2. The molecule has 1 aromatic rings. The van der Waals surface area contributed by atoms with Gasteiger partial charge in [0.15, 0.2) is 0 Å². The molecule has 0 atom stereocenters. The Labute approximate surface area is 116 Å². The molecule has 0 bridgehead atoms. The van der Waals surface area contributed by atoms with E-state index in [1.54, 1.807) is 0 Å². The summed E-state index contributed by atoms with van der Waals surface area (Å²) in [5.41, 5.74) is 0. The SMILES string of the molecule is CCN(CC)c1nccc(NC2CCCCCC2)n1. The fraction of sp³-hybridized carbons (Fsp3) is 0.733. The van der Waals surface area contributed by atoms with Crippen LogP contribution in [0.4, 0.5) is 11.8 Å². The molecule has 0 radical (unpaired) electrons. The van der Waals surface area contributed by atoms with Gasteiger partial charge in [-0.15, -0.1) is 0 Å². The number of hydrogen-bond acceptors (Lipinski definition) is 4. The highest BCUT2D eigenvalue weighted by Gasteiger charge is 2.13. The van der Waals surface area contributed by atoms with Crippen molar-refractivity contribution in [2.45, 2.75) is 58.4 Å². The van der Waals surface area contributed by atoms with Crippen LogP contribution in [0.5, 0.6) is 0 Å². The van der Waals surface area contributed by atoms with Gasteiger partial charge in [0, 0.05) is 25.3 Å². The number of nitrogens with one attached hydrogen (secondary N) is 1. The van der Waals surface area contributed by atoms with Crippen LogP contribution in [-0.4, -0.2) is 29.1 Å². The summed E-state index contributed by atoms with van der Waals surface area (Å²) in [5, 5.41) is 3.59. The molecule has 0 saturated heterocycles. The first-order valence-electron chi connectivity index (χ1n) is 7.68. The summed E-state index contributed by atoms with van der Waals surface area (Å²) in [6.45, 7) is 6.17. The molecule has 0 spiro atoms. The standard InChI is InChI=1S/C15H26N4/c1-3-19(4-2)15-16-12-11-14(18-15)17-13-9-7-5-6-8-10-13/h11-13H,3-10H2,1-2H3,(H,16,17,18). The zero-order chi connectivity index (χ0) is 13.5. The van der Waals surface area contributed by atoms with Crippen molar-refractivity contribution in [2.75, 3.05) is 23.3 Å². The lowest BCUT2D eigenvalue weighted by Crippen LogP contribution is -2.25. The van der Waals surface area contributed by atoms with E-state index < -0.39 is 0 Å². The summed E-state index contributed by atoms with van der Waals surface area (Å²) in [6.07, 6.45) is 9.84. The lowest BCUT2D eigenvalue weighted by Gasteiger charge is -2.21. The second-order valence-corrected chi connectivity index (χ2v) is 5.25. The molecular formula is C15H26N4.